The average Bonchev–Trinajstić information content (AvgIpc) is 3.00. The van der Waals surface area contributed by atoms with E-state index < -0.39 is 11.9 Å². The first-order valence-corrected chi connectivity index (χ1v) is 11.2. The predicted octanol–water partition coefficient (Wildman–Crippen LogP) is 4.66. The van der Waals surface area contributed by atoms with Crippen molar-refractivity contribution in [2.75, 3.05) is 6.61 Å². The summed E-state index contributed by atoms with van der Waals surface area (Å²) in [6, 6.07) is 9.90. The summed E-state index contributed by atoms with van der Waals surface area (Å²) in [5, 5.41) is 8.18. The van der Waals surface area contributed by atoms with Crippen LogP contribution in [0.15, 0.2) is 52.9 Å². The molecule has 1 unspecified atom stereocenters. The van der Waals surface area contributed by atoms with E-state index in [9.17, 15) is 9.59 Å². The molecular formula is C26H31N3O3. The first-order chi connectivity index (χ1) is 15.1. The summed E-state index contributed by atoms with van der Waals surface area (Å²) in [4.78, 5) is 26.6. The Morgan fingerprint density at radius 2 is 1.88 bits per heavy atom. The third-order valence-electron chi connectivity index (χ3n) is 6.37. The van der Waals surface area contributed by atoms with Crippen LogP contribution in [0.4, 0.5) is 0 Å². The van der Waals surface area contributed by atoms with Crippen LogP contribution in [-0.4, -0.2) is 28.1 Å². The zero-order valence-electron chi connectivity index (χ0n) is 19.7. The van der Waals surface area contributed by atoms with E-state index >= 15 is 0 Å². The predicted molar refractivity (Wildman–Crippen MR) is 123 cm³/mol. The van der Waals surface area contributed by atoms with Crippen molar-refractivity contribution >= 4 is 11.8 Å². The van der Waals surface area contributed by atoms with Crippen LogP contribution in [0.2, 0.25) is 0 Å². The van der Waals surface area contributed by atoms with Gasteiger partial charge >= 0.3 is 5.97 Å². The number of benzene rings is 1. The number of hydrogen-bond donors (Lipinski definition) is 1. The molecule has 2 aliphatic rings. The minimum atomic E-state index is -0.494. The lowest BCUT2D eigenvalue weighted by Gasteiger charge is -2.39. The Morgan fingerprint density at radius 1 is 1.19 bits per heavy atom. The number of ether oxygens (including phenoxy) is 1. The average molecular weight is 434 g/mol. The molecule has 0 radical (unpaired) electrons. The molecule has 1 aliphatic carbocycles. The Kier molecular flexibility index (Phi) is 5.57. The van der Waals surface area contributed by atoms with Gasteiger partial charge in [-0.05, 0) is 51.7 Å². The number of carbonyl (C=O) groups excluding carboxylic acids is 2. The van der Waals surface area contributed by atoms with E-state index in [4.69, 9.17) is 9.84 Å². The Bertz CT molecular complexity index is 1150. The second-order valence-electron chi connectivity index (χ2n) is 9.48. The van der Waals surface area contributed by atoms with Crippen LogP contribution in [0, 0.1) is 19.3 Å². The normalized spacial score (nSPS) is 20.2. The van der Waals surface area contributed by atoms with Gasteiger partial charge in [-0.25, -0.2) is 9.48 Å². The molecule has 0 spiro atoms. The van der Waals surface area contributed by atoms with Crippen LogP contribution < -0.4 is 5.32 Å². The number of nitrogens with one attached hydrogen (secondary N) is 1. The van der Waals surface area contributed by atoms with Gasteiger partial charge in [-0.15, -0.1) is 0 Å². The number of para-hydroxylation sites is 1. The standard InChI is InChI=1S/C26H31N3O3/c1-7-32-25(31)22-15(2)27-19-13-26(5,6)14-20(30)23(19)24(22)21-16(3)28-29(17(21)4)18-11-9-8-10-12-18/h8-12,24,27H,7,13-14H2,1-6H3. The van der Waals surface area contributed by atoms with Crippen LogP contribution in [0.5, 0.6) is 0 Å². The lowest BCUT2D eigenvalue weighted by atomic mass is 9.68. The highest BCUT2D eigenvalue weighted by atomic mass is 16.5. The van der Waals surface area contributed by atoms with Gasteiger partial charge in [-0.2, -0.15) is 5.10 Å². The maximum atomic E-state index is 13.5. The Labute approximate surface area is 189 Å². The molecule has 1 aromatic heterocycles. The monoisotopic (exact) mass is 433 g/mol. The van der Waals surface area contributed by atoms with Gasteiger partial charge in [0.2, 0.25) is 0 Å². The molecule has 0 amide bonds. The van der Waals surface area contributed by atoms with E-state index in [2.05, 4.69) is 19.2 Å². The Hall–Kier alpha value is -3.15. The maximum Gasteiger partial charge on any atom is 0.336 e. The van der Waals surface area contributed by atoms with Crippen molar-refractivity contribution in [1.82, 2.24) is 15.1 Å². The minimum absolute atomic E-state index is 0.0781. The van der Waals surface area contributed by atoms with Crippen LogP contribution in [0.25, 0.3) is 5.69 Å². The molecule has 0 bridgehead atoms. The van der Waals surface area contributed by atoms with Crippen LogP contribution in [-0.2, 0) is 14.3 Å². The van der Waals surface area contributed by atoms with Gasteiger partial charge in [-0.1, -0.05) is 32.0 Å². The van der Waals surface area contributed by atoms with Gasteiger partial charge in [0.15, 0.2) is 5.78 Å². The van der Waals surface area contributed by atoms with Crippen molar-refractivity contribution in [2.24, 2.45) is 5.41 Å². The molecule has 1 aromatic carbocycles. The molecule has 0 saturated heterocycles. The van der Waals surface area contributed by atoms with E-state index in [1.54, 1.807) is 6.92 Å². The molecule has 1 aliphatic heterocycles. The number of dihydropyridines is 1. The van der Waals surface area contributed by atoms with E-state index in [-0.39, 0.29) is 17.8 Å². The summed E-state index contributed by atoms with van der Waals surface area (Å²) >= 11 is 0. The number of allylic oxidation sites excluding steroid dienone is 3. The van der Waals surface area contributed by atoms with Crippen molar-refractivity contribution in [3.05, 3.63) is 69.8 Å². The summed E-state index contributed by atoms with van der Waals surface area (Å²) in [6.07, 6.45) is 1.20. The minimum Gasteiger partial charge on any atom is -0.463 e. The van der Waals surface area contributed by atoms with Crippen molar-refractivity contribution in [1.29, 1.82) is 0 Å². The summed E-state index contributed by atoms with van der Waals surface area (Å²) in [7, 11) is 0. The second kappa shape index (κ2) is 8.08. The highest BCUT2D eigenvalue weighted by Crippen LogP contribution is 2.48. The third kappa shape index (κ3) is 3.68. The molecule has 2 heterocycles. The lowest BCUT2D eigenvalue weighted by molar-refractivity contribution is -0.138. The van der Waals surface area contributed by atoms with E-state index in [1.807, 2.05) is 55.8 Å². The molecule has 2 aromatic rings. The largest absolute Gasteiger partial charge is 0.463 e. The van der Waals surface area contributed by atoms with Gasteiger partial charge in [-0.3, -0.25) is 4.79 Å². The van der Waals surface area contributed by atoms with Crippen molar-refractivity contribution < 1.29 is 14.3 Å². The highest BCUT2D eigenvalue weighted by Gasteiger charge is 2.44. The van der Waals surface area contributed by atoms with Gasteiger partial charge in [0.05, 0.1) is 29.5 Å². The van der Waals surface area contributed by atoms with Crippen LogP contribution in [0.1, 0.15) is 63.4 Å². The summed E-state index contributed by atoms with van der Waals surface area (Å²) < 4.78 is 7.32. The van der Waals surface area contributed by atoms with Gasteiger partial charge in [0, 0.05) is 34.6 Å². The van der Waals surface area contributed by atoms with Crippen LogP contribution in [0.3, 0.4) is 0 Å². The number of nitrogens with zero attached hydrogens (tertiary/aromatic N) is 2. The number of ketones is 1. The molecule has 6 heteroatoms. The van der Waals surface area contributed by atoms with E-state index in [0.29, 0.717) is 17.6 Å². The van der Waals surface area contributed by atoms with Crippen molar-refractivity contribution in [2.45, 2.75) is 60.3 Å². The molecule has 168 valence electrons. The molecule has 4 rings (SSSR count). The lowest BCUT2D eigenvalue weighted by Crippen LogP contribution is -2.39. The van der Waals surface area contributed by atoms with Crippen molar-refractivity contribution in [3.8, 4) is 5.69 Å². The zero-order chi connectivity index (χ0) is 23.2. The highest BCUT2D eigenvalue weighted by molar-refractivity contribution is 6.04. The smallest absolute Gasteiger partial charge is 0.336 e. The zero-order valence-corrected chi connectivity index (χ0v) is 19.7. The Morgan fingerprint density at radius 3 is 2.53 bits per heavy atom. The number of aromatic nitrogens is 2. The number of rotatable bonds is 4. The second-order valence-corrected chi connectivity index (χ2v) is 9.48. The molecule has 0 fully saturated rings. The van der Waals surface area contributed by atoms with Gasteiger partial charge in [0.1, 0.15) is 0 Å². The fraction of sp³-hybridized carbons (Fsp3) is 0.423. The van der Waals surface area contributed by atoms with Crippen LogP contribution >= 0.6 is 0 Å². The maximum absolute atomic E-state index is 13.5. The summed E-state index contributed by atoms with van der Waals surface area (Å²) in [6.45, 7) is 12.1. The molecule has 1 N–H and O–H groups in total. The summed E-state index contributed by atoms with van der Waals surface area (Å²) in [5.41, 5.74) is 6.26. The topological polar surface area (TPSA) is 73.2 Å². The molecule has 6 nitrogen and oxygen atoms in total. The van der Waals surface area contributed by atoms with E-state index in [0.717, 1.165) is 40.5 Å². The quantitative estimate of drug-likeness (QED) is 0.710. The fourth-order valence-corrected chi connectivity index (χ4v) is 5.10. The third-order valence-corrected chi connectivity index (χ3v) is 6.37. The first kappa shape index (κ1) is 22.1. The SMILES string of the molecule is CCOC(=O)C1=C(C)NC2=C(C(=O)CC(C)(C)C2)C1c1c(C)nn(-c2ccccc2)c1C. The molecular weight excluding hydrogens is 402 g/mol. The number of hydrogen-bond acceptors (Lipinski definition) is 5. The fourth-order valence-electron chi connectivity index (χ4n) is 5.10. The number of esters is 1. The number of aryl methyl sites for hydroxylation is 1. The molecule has 1 atom stereocenters. The summed E-state index contributed by atoms with van der Waals surface area (Å²) in [5.74, 6) is -0.807. The van der Waals surface area contributed by atoms with Crippen molar-refractivity contribution in [3.63, 3.8) is 0 Å². The number of Topliss-reactive ketones (excluding diaryl/α,β-unsaturated/α-hetero) is 1. The molecule has 32 heavy (non-hydrogen) atoms. The van der Waals surface area contributed by atoms with Gasteiger partial charge in [0.25, 0.3) is 0 Å². The van der Waals surface area contributed by atoms with Gasteiger partial charge < -0.3 is 10.1 Å². The first-order valence-electron chi connectivity index (χ1n) is 11.2. The van der Waals surface area contributed by atoms with E-state index in [1.165, 1.54) is 0 Å². The molecule has 0 saturated carbocycles. The Balaban J connectivity index is 1.95. The number of carbonyl (C=O) groups is 2.